The minimum atomic E-state index is -0.833. The largest absolute Gasteiger partial charge is 0.497 e. The molecule has 0 radical (unpaired) electrons. The highest BCUT2D eigenvalue weighted by atomic mass is 16.5. The van der Waals surface area contributed by atoms with Crippen molar-refractivity contribution < 1.29 is 24.2 Å². The highest BCUT2D eigenvalue weighted by Crippen LogP contribution is 2.23. The molecule has 0 aromatic heterocycles. The van der Waals surface area contributed by atoms with Crippen LogP contribution in [0.15, 0.2) is 48.5 Å². The van der Waals surface area contributed by atoms with Crippen molar-refractivity contribution in [3.8, 4) is 11.5 Å². The Balaban J connectivity index is 1.79. The van der Waals surface area contributed by atoms with Gasteiger partial charge in [-0.15, -0.1) is 0 Å². The summed E-state index contributed by atoms with van der Waals surface area (Å²) in [5.41, 5.74) is 1.77. The first kappa shape index (κ1) is 20.3. The number of methoxy groups -OCH3 is 1. The highest BCUT2D eigenvalue weighted by molar-refractivity contribution is 5.91. The quantitative estimate of drug-likeness (QED) is 0.615. The molecule has 2 N–H and O–H groups in total. The van der Waals surface area contributed by atoms with Crippen molar-refractivity contribution in [3.05, 3.63) is 54.1 Å². The molecular formula is C21H25NO5. The van der Waals surface area contributed by atoms with E-state index in [0.29, 0.717) is 30.9 Å². The molecule has 2 aromatic carbocycles. The van der Waals surface area contributed by atoms with E-state index in [2.05, 4.69) is 5.32 Å². The van der Waals surface area contributed by atoms with E-state index in [1.165, 1.54) is 0 Å². The smallest absolute Gasteiger partial charge is 0.303 e. The lowest BCUT2D eigenvalue weighted by Gasteiger charge is -2.13. The predicted molar refractivity (Wildman–Crippen MR) is 103 cm³/mol. The molecule has 2 rings (SSSR count). The van der Waals surface area contributed by atoms with Crippen LogP contribution in [-0.4, -0.2) is 30.7 Å². The van der Waals surface area contributed by atoms with Crippen LogP contribution < -0.4 is 14.8 Å². The van der Waals surface area contributed by atoms with Crippen LogP contribution in [0.2, 0.25) is 0 Å². The monoisotopic (exact) mass is 371 g/mol. The third-order valence-corrected chi connectivity index (χ3v) is 4.12. The summed E-state index contributed by atoms with van der Waals surface area (Å²) < 4.78 is 10.6. The lowest BCUT2D eigenvalue weighted by atomic mass is 9.97. The molecule has 144 valence electrons. The van der Waals surface area contributed by atoms with Gasteiger partial charge in [0, 0.05) is 18.5 Å². The summed E-state index contributed by atoms with van der Waals surface area (Å²) in [5, 5.41) is 11.5. The predicted octanol–water partition coefficient (Wildman–Crippen LogP) is 4.07. The normalized spacial score (nSPS) is 11.5. The van der Waals surface area contributed by atoms with E-state index in [0.717, 1.165) is 11.3 Å². The zero-order chi connectivity index (χ0) is 19.6. The van der Waals surface area contributed by atoms with E-state index in [1.807, 2.05) is 31.2 Å². The minimum Gasteiger partial charge on any atom is -0.497 e. The van der Waals surface area contributed by atoms with Gasteiger partial charge in [-0.3, -0.25) is 9.59 Å². The standard InChI is InChI=1S/C21H25NO5/c1-15(16-5-9-18(26-2)10-6-16)14-20(23)22-17-7-11-19(12-8-17)27-13-3-4-21(24)25/h5-12,15H,3-4,13-14H2,1-2H3,(H,22,23)(H,24,25). The molecule has 2 aromatic rings. The number of aliphatic carboxylic acids is 1. The van der Waals surface area contributed by atoms with Gasteiger partial charge in [-0.05, 0) is 54.3 Å². The number of rotatable bonds is 10. The number of amides is 1. The summed E-state index contributed by atoms with van der Waals surface area (Å²) in [7, 11) is 1.62. The van der Waals surface area contributed by atoms with Crippen molar-refractivity contribution in [2.75, 3.05) is 19.0 Å². The van der Waals surface area contributed by atoms with Crippen molar-refractivity contribution in [2.24, 2.45) is 0 Å². The van der Waals surface area contributed by atoms with Crippen LogP contribution in [0.5, 0.6) is 11.5 Å². The van der Waals surface area contributed by atoms with Crippen LogP contribution in [0.25, 0.3) is 0 Å². The maximum atomic E-state index is 12.3. The highest BCUT2D eigenvalue weighted by Gasteiger charge is 2.12. The van der Waals surface area contributed by atoms with E-state index in [4.69, 9.17) is 14.6 Å². The van der Waals surface area contributed by atoms with Gasteiger partial charge in [0.15, 0.2) is 0 Å². The number of hydrogen-bond donors (Lipinski definition) is 2. The van der Waals surface area contributed by atoms with Gasteiger partial charge in [0.1, 0.15) is 11.5 Å². The maximum absolute atomic E-state index is 12.3. The molecule has 0 fully saturated rings. The van der Waals surface area contributed by atoms with Gasteiger partial charge in [-0.25, -0.2) is 0 Å². The average molecular weight is 371 g/mol. The molecule has 0 saturated carbocycles. The zero-order valence-corrected chi connectivity index (χ0v) is 15.6. The molecule has 6 heteroatoms. The lowest BCUT2D eigenvalue weighted by molar-refractivity contribution is -0.137. The molecule has 0 spiro atoms. The lowest BCUT2D eigenvalue weighted by Crippen LogP contribution is -2.14. The maximum Gasteiger partial charge on any atom is 0.303 e. The first-order valence-corrected chi connectivity index (χ1v) is 8.86. The van der Waals surface area contributed by atoms with Gasteiger partial charge in [0.2, 0.25) is 5.91 Å². The van der Waals surface area contributed by atoms with Crippen LogP contribution in [0.1, 0.15) is 37.7 Å². The average Bonchev–Trinajstić information content (AvgIpc) is 2.66. The molecular weight excluding hydrogens is 346 g/mol. The number of carbonyl (C=O) groups is 2. The fraction of sp³-hybridized carbons (Fsp3) is 0.333. The summed E-state index contributed by atoms with van der Waals surface area (Å²) in [6, 6.07) is 14.7. The molecule has 27 heavy (non-hydrogen) atoms. The van der Waals surface area contributed by atoms with Gasteiger partial charge in [-0.1, -0.05) is 19.1 Å². The molecule has 0 aliphatic carbocycles. The van der Waals surface area contributed by atoms with E-state index < -0.39 is 5.97 Å². The summed E-state index contributed by atoms with van der Waals surface area (Å²) in [6.07, 6.45) is 0.914. The van der Waals surface area contributed by atoms with E-state index >= 15 is 0 Å². The number of carboxylic acids is 1. The topological polar surface area (TPSA) is 84.9 Å². The van der Waals surface area contributed by atoms with Crippen molar-refractivity contribution in [3.63, 3.8) is 0 Å². The summed E-state index contributed by atoms with van der Waals surface area (Å²) in [5.74, 6) is 0.632. The summed E-state index contributed by atoms with van der Waals surface area (Å²) in [4.78, 5) is 22.7. The van der Waals surface area contributed by atoms with Crippen molar-refractivity contribution >= 4 is 17.6 Å². The summed E-state index contributed by atoms with van der Waals surface area (Å²) in [6.45, 7) is 2.35. The molecule has 0 heterocycles. The van der Waals surface area contributed by atoms with Gasteiger partial charge in [-0.2, -0.15) is 0 Å². The van der Waals surface area contributed by atoms with E-state index in [-0.39, 0.29) is 18.2 Å². The number of carboxylic acid groups (broad SMARTS) is 1. The Morgan fingerprint density at radius 2 is 1.67 bits per heavy atom. The van der Waals surface area contributed by atoms with E-state index in [9.17, 15) is 9.59 Å². The first-order valence-electron chi connectivity index (χ1n) is 8.86. The van der Waals surface area contributed by atoms with E-state index in [1.54, 1.807) is 31.4 Å². The second-order valence-electron chi connectivity index (χ2n) is 6.30. The second kappa shape index (κ2) is 10.2. The Bertz CT molecular complexity index is 740. The first-order chi connectivity index (χ1) is 13.0. The number of anilines is 1. The van der Waals surface area contributed by atoms with Crippen LogP contribution in [0.4, 0.5) is 5.69 Å². The number of carbonyl (C=O) groups excluding carboxylic acids is 1. The fourth-order valence-corrected chi connectivity index (χ4v) is 2.59. The molecule has 0 aliphatic rings. The third-order valence-electron chi connectivity index (χ3n) is 4.12. The van der Waals surface area contributed by atoms with Crippen molar-refractivity contribution in [1.82, 2.24) is 0 Å². The Morgan fingerprint density at radius 1 is 1.04 bits per heavy atom. The molecule has 0 bridgehead atoms. The Kier molecular flexibility index (Phi) is 7.67. The second-order valence-corrected chi connectivity index (χ2v) is 6.30. The SMILES string of the molecule is COc1ccc(C(C)CC(=O)Nc2ccc(OCCCC(=O)O)cc2)cc1. The number of benzene rings is 2. The molecule has 1 amide bonds. The van der Waals surface area contributed by atoms with Crippen LogP contribution in [0, 0.1) is 0 Å². The summed E-state index contributed by atoms with van der Waals surface area (Å²) >= 11 is 0. The molecule has 1 unspecified atom stereocenters. The zero-order valence-electron chi connectivity index (χ0n) is 15.6. The molecule has 6 nitrogen and oxygen atoms in total. The Labute approximate surface area is 159 Å². The van der Waals surface area contributed by atoms with Crippen LogP contribution >= 0.6 is 0 Å². The Morgan fingerprint density at radius 3 is 2.26 bits per heavy atom. The fourth-order valence-electron chi connectivity index (χ4n) is 2.59. The number of nitrogens with one attached hydrogen (secondary N) is 1. The Hall–Kier alpha value is -3.02. The van der Waals surface area contributed by atoms with Crippen molar-refractivity contribution in [2.45, 2.75) is 32.1 Å². The van der Waals surface area contributed by atoms with Crippen LogP contribution in [0.3, 0.4) is 0 Å². The minimum absolute atomic E-state index is 0.0616. The van der Waals surface area contributed by atoms with Gasteiger partial charge in [0.05, 0.1) is 13.7 Å². The number of ether oxygens (including phenoxy) is 2. The van der Waals surface area contributed by atoms with Gasteiger partial charge in [0.25, 0.3) is 0 Å². The van der Waals surface area contributed by atoms with Crippen LogP contribution in [-0.2, 0) is 9.59 Å². The third kappa shape index (κ3) is 7.01. The van der Waals surface area contributed by atoms with Gasteiger partial charge < -0.3 is 19.9 Å². The molecule has 1 atom stereocenters. The molecule has 0 saturated heterocycles. The number of hydrogen-bond acceptors (Lipinski definition) is 4. The van der Waals surface area contributed by atoms with Gasteiger partial charge >= 0.3 is 5.97 Å². The van der Waals surface area contributed by atoms with Crippen molar-refractivity contribution in [1.29, 1.82) is 0 Å². The molecule has 0 aliphatic heterocycles.